The van der Waals surface area contributed by atoms with E-state index in [-0.39, 0.29) is 5.56 Å². The van der Waals surface area contributed by atoms with Crippen molar-refractivity contribution in [3.8, 4) is 22.9 Å². The number of nitrogens with zero attached hydrogens (tertiary/aromatic N) is 3. The van der Waals surface area contributed by atoms with Gasteiger partial charge in [0.1, 0.15) is 0 Å². The second-order valence-electron chi connectivity index (χ2n) is 9.08. The van der Waals surface area contributed by atoms with Crippen LogP contribution in [0, 0.1) is 13.8 Å². The van der Waals surface area contributed by atoms with Crippen molar-refractivity contribution in [3.05, 3.63) is 124 Å². The first-order valence-electron chi connectivity index (χ1n) is 12.6. The summed E-state index contributed by atoms with van der Waals surface area (Å²) in [5.41, 5.74) is 4.22. The monoisotopic (exact) mass is 517 g/mol. The van der Waals surface area contributed by atoms with E-state index in [1.807, 2.05) is 69.3 Å². The molecule has 1 heterocycles. The number of esters is 1. The second-order valence-corrected chi connectivity index (χ2v) is 9.08. The highest BCUT2D eigenvalue weighted by Gasteiger charge is 2.15. The van der Waals surface area contributed by atoms with E-state index in [4.69, 9.17) is 14.5 Å². The Labute approximate surface area is 226 Å². The molecule has 0 saturated carbocycles. The number of rotatable bonds is 7. The third kappa shape index (κ3) is 5.62. The molecule has 39 heavy (non-hydrogen) atoms. The number of hydrogen-bond donors (Lipinski definition) is 0. The minimum Gasteiger partial charge on any atom is -0.490 e. The van der Waals surface area contributed by atoms with E-state index in [0.717, 1.165) is 16.7 Å². The van der Waals surface area contributed by atoms with Gasteiger partial charge in [-0.1, -0.05) is 53.6 Å². The lowest BCUT2D eigenvalue weighted by molar-refractivity contribution is 0.0728. The average molecular weight is 518 g/mol. The molecule has 5 rings (SSSR count). The van der Waals surface area contributed by atoms with Crippen LogP contribution >= 0.6 is 0 Å². The van der Waals surface area contributed by atoms with E-state index >= 15 is 0 Å². The van der Waals surface area contributed by atoms with Crippen molar-refractivity contribution in [1.82, 2.24) is 9.66 Å². The maximum atomic E-state index is 13.5. The second kappa shape index (κ2) is 11.1. The number of ether oxygens (including phenoxy) is 2. The summed E-state index contributed by atoms with van der Waals surface area (Å²) < 4.78 is 12.7. The smallest absolute Gasteiger partial charge is 0.343 e. The topological polar surface area (TPSA) is 82.8 Å². The van der Waals surface area contributed by atoms with Crippen molar-refractivity contribution in [3.63, 3.8) is 0 Å². The number of fused-ring (bicyclic) bond motifs is 1. The van der Waals surface area contributed by atoms with Gasteiger partial charge in [-0.2, -0.15) is 9.78 Å². The van der Waals surface area contributed by atoms with Crippen molar-refractivity contribution < 1.29 is 14.3 Å². The number of carbonyl (C=O) groups excluding carboxylic acids is 1. The summed E-state index contributed by atoms with van der Waals surface area (Å²) >= 11 is 0. The quantitative estimate of drug-likeness (QED) is 0.146. The first-order chi connectivity index (χ1) is 18.9. The molecule has 194 valence electrons. The number of hydrogen-bond acceptors (Lipinski definition) is 6. The van der Waals surface area contributed by atoms with Gasteiger partial charge in [0.25, 0.3) is 5.56 Å². The molecule has 7 nitrogen and oxygen atoms in total. The van der Waals surface area contributed by atoms with Gasteiger partial charge < -0.3 is 9.47 Å². The van der Waals surface area contributed by atoms with Gasteiger partial charge in [-0.15, -0.1) is 0 Å². The van der Waals surface area contributed by atoms with Crippen LogP contribution in [0.4, 0.5) is 0 Å². The predicted octanol–water partition coefficient (Wildman–Crippen LogP) is 6.18. The third-order valence-electron chi connectivity index (χ3n) is 6.08. The molecule has 0 saturated heterocycles. The van der Waals surface area contributed by atoms with E-state index in [2.05, 4.69) is 5.10 Å². The molecule has 0 atom stereocenters. The van der Waals surface area contributed by atoms with Gasteiger partial charge in [0.15, 0.2) is 17.3 Å². The van der Waals surface area contributed by atoms with Gasteiger partial charge in [0.05, 0.1) is 29.3 Å². The average Bonchev–Trinajstić information content (AvgIpc) is 2.94. The minimum atomic E-state index is -0.474. The van der Waals surface area contributed by atoms with Crippen molar-refractivity contribution in [2.75, 3.05) is 6.61 Å². The number of carbonyl (C=O) groups is 1. The molecule has 1 aromatic heterocycles. The van der Waals surface area contributed by atoms with E-state index in [9.17, 15) is 9.59 Å². The van der Waals surface area contributed by atoms with E-state index < -0.39 is 5.97 Å². The van der Waals surface area contributed by atoms with Gasteiger partial charge >= 0.3 is 5.97 Å². The Morgan fingerprint density at radius 1 is 0.897 bits per heavy atom. The first-order valence-corrected chi connectivity index (χ1v) is 12.6. The van der Waals surface area contributed by atoms with Crippen molar-refractivity contribution in [2.24, 2.45) is 5.10 Å². The van der Waals surface area contributed by atoms with Crippen molar-refractivity contribution in [1.29, 1.82) is 0 Å². The minimum absolute atomic E-state index is 0.276. The molecule has 0 N–H and O–H groups in total. The van der Waals surface area contributed by atoms with Crippen LogP contribution in [-0.2, 0) is 0 Å². The van der Waals surface area contributed by atoms with Crippen LogP contribution in [0.2, 0.25) is 0 Å². The van der Waals surface area contributed by atoms with Crippen molar-refractivity contribution >= 4 is 23.1 Å². The summed E-state index contributed by atoms with van der Waals surface area (Å²) in [7, 11) is 0. The summed E-state index contributed by atoms with van der Waals surface area (Å²) in [6.45, 7) is 6.12. The summed E-state index contributed by atoms with van der Waals surface area (Å²) in [4.78, 5) is 30.9. The standard InChI is InChI=1S/C32H27N3O4/c1-4-38-29-19-23(15-16-28(29)39-32(37)25-12-8-10-22(3)18-25)20-33-35-30(24-11-7-9-21(2)17-24)34-27-14-6-5-13-26(27)31(35)36/h5-20H,4H2,1-3H3. The molecule has 7 heteroatoms. The molecule has 0 amide bonds. The fourth-order valence-electron chi connectivity index (χ4n) is 4.21. The molecule has 0 aliphatic carbocycles. The number of aromatic nitrogens is 2. The molecule has 0 aliphatic rings. The largest absolute Gasteiger partial charge is 0.490 e. The highest BCUT2D eigenvalue weighted by molar-refractivity contribution is 5.92. The Bertz CT molecular complexity index is 1770. The molecule has 0 spiro atoms. The summed E-state index contributed by atoms with van der Waals surface area (Å²) in [6.07, 6.45) is 1.56. The fraction of sp³-hybridized carbons (Fsp3) is 0.125. The molecule has 0 radical (unpaired) electrons. The van der Waals surface area contributed by atoms with Gasteiger partial charge in [-0.05, 0) is 74.9 Å². The molecule has 0 unspecified atom stereocenters. The van der Waals surface area contributed by atoms with Crippen LogP contribution in [0.15, 0.2) is 101 Å². The molecule has 0 aliphatic heterocycles. The third-order valence-corrected chi connectivity index (χ3v) is 6.08. The number of para-hydroxylation sites is 1. The summed E-state index contributed by atoms with van der Waals surface area (Å²) in [5.74, 6) is 0.654. The van der Waals surface area contributed by atoms with E-state index in [1.54, 1.807) is 48.7 Å². The normalized spacial score (nSPS) is 11.2. The van der Waals surface area contributed by atoms with Gasteiger partial charge in [0, 0.05) is 5.56 Å². The number of aryl methyl sites for hydroxylation is 2. The highest BCUT2D eigenvalue weighted by Crippen LogP contribution is 2.29. The molecular weight excluding hydrogens is 490 g/mol. The lowest BCUT2D eigenvalue weighted by Crippen LogP contribution is -2.20. The molecule has 0 bridgehead atoms. The zero-order valence-electron chi connectivity index (χ0n) is 21.9. The van der Waals surface area contributed by atoms with Crippen LogP contribution in [0.3, 0.4) is 0 Å². The van der Waals surface area contributed by atoms with E-state index in [1.165, 1.54) is 4.68 Å². The Hall–Kier alpha value is -5.04. The molecule has 5 aromatic rings. The lowest BCUT2D eigenvalue weighted by atomic mass is 10.1. The van der Waals surface area contributed by atoms with Gasteiger partial charge in [-0.25, -0.2) is 9.78 Å². The maximum absolute atomic E-state index is 13.5. The zero-order chi connectivity index (χ0) is 27.4. The van der Waals surface area contributed by atoms with Crippen LogP contribution in [0.1, 0.15) is 34.0 Å². The Morgan fingerprint density at radius 2 is 1.67 bits per heavy atom. The summed E-state index contributed by atoms with van der Waals surface area (Å²) in [5, 5.41) is 5.01. The Balaban J connectivity index is 1.52. The lowest BCUT2D eigenvalue weighted by Gasteiger charge is -2.12. The molecule has 0 fully saturated rings. The van der Waals surface area contributed by atoms with Crippen molar-refractivity contribution in [2.45, 2.75) is 20.8 Å². The van der Waals surface area contributed by atoms with Crippen LogP contribution in [0.5, 0.6) is 11.5 Å². The van der Waals surface area contributed by atoms with Crippen LogP contribution < -0.4 is 15.0 Å². The predicted molar refractivity (Wildman–Crippen MR) is 153 cm³/mol. The Morgan fingerprint density at radius 3 is 2.44 bits per heavy atom. The first kappa shape index (κ1) is 25.6. The molecular formula is C32H27N3O4. The highest BCUT2D eigenvalue weighted by atomic mass is 16.6. The van der Waals surface area contributed by atoms with Gasteiger partial charge in [0.2, 0.25) is 0 Å². The Kier molecular flexibility index (Phi) is 7.32. The number of benzene rings is 4. The molecule has 4 aromatic carbocycles. The van der Waals surface area contributed by atoms with E-state index in [0.29, 0.717) is 46.0 Å². The summed E-state index contributed by atoms with van der Waals surface area (Å²) in [6, 6.07) is 27.3. The van der Waals surface area contributed by atoms with Crippen LogP contribution in [0.25, 0.3) is 22.3 Å². The SMILES string of the molecule is CCOc1cc(C=Nn2c(-c3cccc(C)c3)nc3ccccc3c2=O)ccc1OC(=O)c1cccc(C)c1. The maximum Gasteiger partial charge on any atom is 0.343 e. The zero-order valence-corrected chi connectivity index (χ0v) is 21.9. The fourth-order valence-corrected chi connectivity index (χ4v) is 4.21. The van der Waals surface area contributed by atoms with Crippen LogP contribution in [-0.4, -0.2) is 28.5 Å². The van der Waals surface area contributed by atoms with Gasteiger partial charge in [-0.3, -0.25) is 4.79 Å².